The van der Waals surface area contributed by atoms with E-state index in [-0.39, 0.29) is 12.5 Å². The molecule has 1 aliphatic heterocycles. The first-order valence-electron chi connectivity index (χ1n) is 8.86. The molecule has 7 heteroatoms. The van der Waals surface area contributed by atoms with Crippen LogP contribution in [0.3, 0.4) is 0 Å². The highest BCUT2D eigenvalue weighted by molar-refractivity contribution is 7.91. The van der Waals surface area contributed by atoms with E-state index in [2.05, 4.69) is 16.3 Å². The topological polar surface area (TPSA) is 47.9 Å². The van der Waals surface area contributed by atoms with Gasteiger partial charge in [-0.05, 0) is 37.5 Å². The van der Waals surface area contributed by atoms with Crippen molar-refractivity contribution in [3.8, 4) is 0 Å². The number of aryl methyl sites for hydroxylation is 1. The fourth-order valence-electron chi connectivity index (χ4n) is 3.09. The Bertz CT molecular complexity index is 706. The Kier molecular flexibility index (Phi) is 6.82. The van der Waals surface area contributed by atoms with Gasteiger partial charge in [0.05, 0.1) is 24.3 Å². The third-order valence-electron chi connectivity index (χ3n) is 4.55. The van der Waals surface area contributed by atoms with Gasteiger partial charge in [-0.25, -0.2) is 18.5 Å². The first-order chi connectivity index (χ1) is 12.2. The first-order valence-corrected chi connectivity index (χ1v) is 9.64. The van der Waals surface area contributed by atoms with E-state index in [1.807, 2.05) is 37.8 Å². The van der Waals surface area contributed by atoms with Crippen LogP contribution < -0.4 is 4.72 Å². The van der Waals surface area contributed by atoms with Gasteiger partial charge in [0.25, 0.3) is 5.92 Å². The van der Waals surface area contributed by atoms with Gasteiger partial charge in [0.15, 0.2) is 0 Å². The summed E-state index contributed by atoms with van der Waals surface area (Å²) >= 11 is 0.534. The standard InChI is InChI=1S/C19H27F2N3OS/c1-6-8-24-14(5)16-10-12(3)9-15(13(4)23-26-25)18(16)22-17(24)11-19(20,21)7-2/h9-10,13,23,25H,5-8,11H2,1-4H3. The number of rotatable bonds is 8. The van der Waals surface area contributed by atoms with Crippen LogP contribution in [0.15, 0.2) is 23.7 Å². The molecule has 144 valence electrons. The van der Waals surface area contributed by atoms with Gasteiger partial charge in [0, 0.05) is 30.3 Å². The molecule has 0 aromatic heterocycles. The second-order valence-electron chi connectivity index (χ2n) is 6.69. The number of nitrogens with one attached hydrogen (secondary N) is 1. The molecule has 1 heterocycles. The maximum absolute atomic E-state index is 14.1. The molecule has 0 amide bonds. The molecule has 0 radical (unpaired) electrons. The molecule has 4 nitrogen and oxygen atoms in total. The lowest BCUT2D eigenvalue weighted by atomic mass is 9.95. The van der Waals surface area contributed by atoms with Gasteiger partial charge >= 0.3 is 0 Å². The number of aliphatic imine (C=N–C) groups is 1. The molecule has 1 aromatic rings. The predicted molar refractivity (Wildman–Crippen MR) is 106 cm³/mol. The van der Waals surface area contributed by atoms with E-state index in [0.717, 1.165) is 23.1 Å². The number of hydrogen-bond donors (Lipinski definition) is 2. The van der Waals surface area contributed by atoms with Gasteiger partial charge in [0.1, 0.15) is 5.84 Å². The molecular weight excluding hydrogens is 356 g/mol. The Morgan fingerprint density at radius 2 is 2.08 bits per heavy atom. The number of amidine groups is 1. The average molecular weight is 384 g/mol. The molecule has 0 aliphatic carbocycles. The predicted octanol–water partition coefficient (Wildman–Crippen LogP) is 5.93. The van der Waals surface area contributed by atoms with Crippen LogP contribution in [0.25, 0.3) is 5.70 Å². The highest BCUT2D eigenvalue weighted by atomic mass is 32.2. The van der Waals surface area contributed by atoms with Crippen LogP contribution in [0.2, 0.25) is 0 Å². The number of fused-ring (bicyclic) bond motifs is 1. The highest BCUT2D eigenvalue weighted by Crippen LogP contribution is 2.41. The Morgan fingerprint density at radius 3 is 2.65 bits per heavy atom. The molecule has 0 spiro atoms. The summed E-state index contributed by atoms with van der Waals surface area (Å²) in [4.78, 5) is 6.46. The second-order valence-corrected chi connectivity index (χ2v) is 7.11. The number of hydrogen-bond acceptors (Lipinski definition) is 5. The van der Waals surface area contributed by atoms with Crippen LogP contribution in [0, 0.1) is 6.92 Å². The van der Waals surface area contributed by atoms with Gasteiger partial charge in [-0.1, -0.05) is 26.5 Å². The van der Waals surface area contributed by atoms with E-state index in [1.165, 1.54) is 6.92 Å². The quantitative estimate of drug-likeness (QED) is 0.431. The summed E-state index contributed by atoms with van der Waals surface area (Å²) in [5.41, 5.74) is 4.10. The smallest absolute Gasteiger partial charge is 0.254 e. The summed E-state index contributed by atoms with van der Waals surface area (Å²) in [6, 6.07) is 3.76. The van der Waals surface area contributed by atoms with Gasteiger partial charge in [-0.3, -0.25) is 0 Å². The van der Waals surface area contributed by atoms with E-state index in [9.17, 15) is 8.78 Å². The Labute approximate surface area is 158 Å². The molecule has 1 atom stereocenters. The SMILES string of the molecule is C=C1c2cc(C)cc(C(C)NSO)c2N=C(CC(F)(F)CC)N1CCC. The Morgan fingerprint density at radius 1 is 1.38 bits per heavy atom. The number of halogens is 2. The van der Waals surface area contributed by atoms with Crippen molar-refractivity contribution in [2.75, 3.05) is 6.54 Å². The van der Waals surface area contributed by atoms with Crippen molar-refractivity contribution in [3.63, 3.8) is 0 Å². The fourth-order valence-corrected chi connectivity index (χ4v) is 3.38. The molecule has 1 aromatic carbocycles. The minimum absolute atomic E-state index is 0.194. The average Bonchev–Trinajstić information content (AvgIpc) is 2.58. The van der Waals surface area contributed by atoms with Crippen LogP contribution in [0.5, 0.6) is 0 Å². The Hall–Kier alpha value is -1.44. The van der Waals surface area contributed by atoms with Crippen molar-refractivity contribution in [3.05, 3.63) is 35.4 Å². The van der Waals surface area contributed by atoms with Gasteiger partial charge in [-0.15, -0.1) is 0 Å². The lowest BCUT2D eigenvalue weighted by Gasteiger charge is -2.35. The third-order valence-corrected chi connectivity index (χ3v) is 5.01. The van der Waals surface area contributed by atoms with E-state index >= 15 is 0 Å². The highest BCUT2D eigenvalue weighted by Gasteiger charge is 2.34. The first kappa shape index (κ1) is 20.9. The van der Waals surface area contributed by atoms with Crippen LogP contribution in [0.1, 0.15) is 62.8 Å². The molecule has 1 unspecified atom stereocenters. The van der Waals surface area contributed by atoms with Gasteiger partial charge in [-0.2, -0.15) is 0 Å². The molecule has 2 N–H and O–H groups in total. The number of benzene rings is 1. The molecule has 0 fully saturated rings. The molecule has 2 rings (SSSR count). The van der Waals surface area contributed by atoms with Gasteiger partial charge in [0.2, 0.25) is 0 Å². The summed E-state index contributed by atoms with van der Waals surface area (Å²) in [5, 5.41) is 0. The lowest BCUT2D eigenvalue weighted by molar-refractivity contribution is 0.00326. The normalized spacial score (nSPS) is 15.7. The molecule has 0 saturated carbocycles. The van der Waals surface area contributed by atoms with Crippen molar-refractivity contribution < 1.29 is 13.3 Å². The minimum atomic E-state index is -2.81. The monoisotopic (exact) mass is 383 g/mol. The largest absolute Gasteiger partial charge is 0.330 e. The van der Waals surface area contributed by atoms with E-state index in [1.54, 1.807) is 0 Å². The summed E-state index contributed by atoms with van der Waals surface area (Å²) in [7, 11) is 0. The molecule has 26 heavy (non-hydrogen) atoms. The summed E-state index contributed by atoms with van der Waals surface area (Å²) in [6.45, 7) is 12.1. The molecule has 0 saturated heterocycles. The van der Waals surface area contributed by atoms with Gasteiger partial charge < -0.3 is 9.45 Å². The summed E-state index contributed by atoms with van der Waals surface area (Å²) < 4.78 is 40.2. The minimum Gasteiger partial charge on any atom is -0.330 e. The number of alkyl halides is 2. The van der Waals surface area contributed by atoms with E-state index in [0.29, 0.717) is 36.0 Å². The van der Waals surface area contributed by atoms with Crippen molar-refractivity contribution in [2.24, 2.45) is 4.99 Å². The third kappa shape index (κ3) is 4.45. The zero-order valence-electron chi connectivity index (χ0n) is 15.8. The van der Waals surface area contributed by atoms with Crippen molar-refractivity contribution in [1.82, 2.24) is 9.62 Å². The number of nitrogens with zero attached hydrogens (tertiary/aromatic N) is 2. The fraction of sp³-hybridized carbons (Fsp3) is 0.526. The van der Waals surface area contributed by atoms with Crippen LogP contribution in [-0.2, 0) is 0 Å². The van der Waals surface area contributed by atoms with Crippen LogP contribution in [0.4, 0.5) is 14.5 Å². The molecular formula is C19H27F2N3OS. The maximum atomic E-state index is 14.1. The molecule has 0 bridgehead atoms. The Balaban J connectivity index is 2.60. The van der Waals surface area contributed by atoms with Crippen molar-refractivity contribution >= 4 is 29.4 Å². The van der Waals surface area contributed by atoms with E-state index < -0.39 is 12.3 Å². The second kappa shape index (κ2) is 8.50. The van der Waals surface area contributed by atoms with E-state index in [4.69, 9.17) is 4.55 Å². The van der Waals surface area contributed by atoms with Crippen molar-refractivity contribution in [1.29, 1.82) is 0 Å². The van der Waals surface area contributed by atoms with Crippen molar-refractivity contribution in [2.45, 2.75) is 58.9 Å². The zero-order chi connectivity index (χ0) is 19.5. The van der Waals surface area contributed by atoms with Crippen LogP contribution >= 0.6 is 12.2 Å². The lowest BCUT2D eigenvalue weighted by Crippen LogP contribution is -2.36. The molecule has 1 aliphatic rings. The van der Waals surface area contributed by atoms with Crippen LogP contribution in [-0.4, -0.2) is 27.8 Å². The zero-order valence-corrected chi connectivity index (χ0v) is 16.6. The summed E-state index contributed by atoms with van der Waals surface area (Å²) in [5.74, 6) is -2.46. The summed E-state index contributed by atoms with van der Waals surface area (Å²) in [6.07, 6.45) is 0.167. The maximum Gasteiger partial charge on any atom is 0.254 e.